The molecule has 0 aromatic heterocycles. The van der Waals surface area contributed by atoms with Crippen LogP contribution in [0.25, 0.3) is 0 Å². The van der Waals surface area contributed by atoms with E-state index in [0.717, 1.165) is 0 Å². The maximum absolute atomic E-state index is 13.0. The minimum Gasteiger partial charge on any atom is -0.382 e. The Balaban J connectivity index is 2.50. The molecule has 1 N–H and O–H groups in total. The van der Waals surface area contributed by atoms with Crippen molar-refractivity contribution in [2.75, 3.05) is 0 Å². The number of hydrogen-bond acceptors (Lipinski definition) is 1. The van der Waals surface area contributed by atoms with Gasteiger partial charge in [-0.15, -0.1) is 0 Å². The third kappa shape index (κ3) is 1.32. The predicted molar refractivity (Wildman–Crippen MR) is 45.1 cm³/mol. The number of hydrogen-bond donors (Lipinski definition) is 1. The monoisotopic (exact) mass is 204 g/mol. The van der Waals surface area contributed by atoms with Crippen LogP contribution in [0.15, 0.2) is 18.2 Å². The molecule has 1 unspecified atom stereocenters. The lowest BCUT2D eigenvalue weighted by molar-refractivity contribution is -0.0968. The van der Waals surface area contributed by atoms with Crippen molar-refractivity contribution in [1.29, 1.82) is 0 Å². The van der Waals surface area contributed by atoms with Gasteiger partial charge in [-0.1, -0.05) is 17.7 Å². The van der Waals surface area contributed by atoms with Gasteiger partial charge in [-0.2, -0.15) is 0 Å². The van der Waals surface area contributed by atoms with E-state index in [1.165, 1.54) is 18.2 Å². The number of benzene rings is 1. The molecule has 0 radical (unpaired) electrons. The number of alkyl halides is 2. The topological polar surface area (TPSA) is 20.2 Å². The minimum absolute atomic E-state index is 0.286. The molecule has 0 heterocycles. The van der Waals surface area contributed by atoms with Crippen LogP contribution >= 0.6 is 11.6 Å². The Bertz CT molecular complexity index is 351. The molecule has 0 spiro atoms. The summed E-state index contributed by atoms with van der Waals surface area (Å²) >= 11 is 5.64. The summed E-state index contributed by atoms with van der Waals surface area (Å²) in [6.07, 6.45) is -2.11. The number of rotatable bonds is 0. The van der Waals surface area contributed by atoms with Crippen LogP contribution < -0.4 is 0 Å². The van der Waals surface area contributed by atoms with Gasteiger partial charge in [-0.3, -0.25) is 0 Å². The van der Waals surface area contributed by atoms with Crippen molar-refractivity contribution in [2.24, 2.45) is 0 Å². The summed E-state index contributed by atoms with van der Waals surface area (Å²) in [7, 11) is 0. The molecular formula is C9H7ClF2O. The number of fused-ring (bicyclic) bond motifs is 1. The van der Waals surface area contributed by atoms with Crippen molar-refractivity contribution < 1.29 is 13.9 Å². The lowest BCUT2D eigenvalue weighted by atomic mass is 10.1. The van der Waals surface area contributed by atoms with E-state index in [-0.39, 0.29) is 5.56 Å². The van der Waals surface area contributed by atoms with Crippen molar-refractivity contribution >= 4 is 11.6 Å². The van der Waals surface area contributed by atoms with Crippen LogP contribution in [-0.2, 0) is 6.42 Å². The Labute approximate surface area is 78.9 Å². The third-order valence-corrected chi connectivity index (χ3v) is 2.46. The highest BCUT2D eigenvalue weighted by molar-refractivity contribution is 6.30. The quantitative estimate of drug-likeness (QED) is 0.689. The van der Waals surface area contributed by atoms with E-state index < -0.39 is 18.4 Å². The highest BCUT2D eigenvalue weighted by Crippen LogP contribution is 2.43. The molecule has 1 aliphatic rings. The molecule has 4 heteroatoms. The summed E-state index contributed by atoms with van der Waals surface area (Å²) in [6.45, 7) is 0. The largest absolute Gasteiger partial charge is 0.382 e. The minimum atomic E-state index is -3.05. The van der Waals surface area contributed by atoms with Crippen LogP contribution in [-0.4, -0.2) is 11.0 Å². The van der Waals surface area contributed by atoms with Crippen LogP contribution in [0.2, 0.25) is 5.02 Å². The second kappa shape index (κ2) is 2.66. The predicted octanol–water partition coefficient (Wildman–Crippen LogP) is 2.56. The van der Waals surface area contributed by atoms with Gasteiger partial charge in [0.2, 0.25) is 0 Å². The fraction of sp³-hybridized carbons (Fsp3) is 0.333. The fourth-order valence-electron chi connectivity index (χ4n) is 1.57. The molecule has 0 amide bonds. The molecule has 2 rings (SSSR count). The zero-order valence-electron chi connectivity index (χ0n) is 6.60. The second-order valence-corrected chi connectivity index (χ2v) is 3.62. The first-order valence-corrected chi connectivity index (χ1v) is 4.23. The summed E-state index contributed by atoms with van der Waals surface area (Å²) in [5.41, 5.74) is 0.722. The molecule has 0 fully saturated rings. The zero-order valence-corrected chi connectivity index (χ0v) is 7.35. The highest BCUT2D eigenvalue weighted by Gasteiger charge is 2.46. The van der Waals surface area contributed by atoms with Gasteiger partial charge in [0.1, 0.15) is 6.10 Å². The number of aliphatic hydroxyl groups is 1. The van der Waals surface area contributed by atoms with Gasteiger partial charge in [-0.25, -0.2) is 8.78 Å². The lowest BCUT2D eigenvalue weighted by Crippen LogP contribution is -2.21. The molecule has 1 aromatic carbocycles. The van der Waals surface area contributed by atoms with Crippen molar-refractivity contribution in [3.05, 3.63) is 34.3 Å². The summed E-state index contributed by atoms with van der Waals surface area (Å²) in [5, 5.41) is 9.63. The normalized spacial score (nSPS) is 24.5. The average Bonchev–Trinajstić information content (AvgIpc) is 2.22. The van der Waals surface area contributed by atoms with Gasteiger partial charge in [0, 0.05) is 11.4 Å². The molecule has 13 heavy (non-hydrogen) atoms. The smallest absolute Gasteiger partial charge is 0.281 e. The molecule has 0 saturated carbocycles. The molecule has 1 atom stereocenters. The van der Waals surface area contributed by atoms with Crippen LogP contribution in [0.5, 0.6) is 0 Å². The van der Waals surface area contributed by atoms with Crippen molar-refractivity contribution in [3.8, 4) is 0 Å². The molecule has 0 saturated heterocycles. The molecular weight excluding hydrogens is 198 g/mol. The third-order valence-electron chi connectivity index (χ3n) is 2.23. The molecule has 0 bridgehead atoms. The maximum Gasteiger partial charge on any atom is 0.281 e. The van der Waals surface area contributed by atoms with Gasteiger partial charge in [-0.05, 0) is 23.3 Å². The van der Waals surface area contributed by atoms with E-state index in [9.17, 15) is 13.9 Å². The molecule has 1 aromatic rings. The van der Waals surface area contributed by atoms with Crippen molar-refractivity contribution in [2.45, 2.75) is 18.4 Å². The SMILES string of the molecule is OC1c2ccc(Cl)cc2CC1(F)F. The van der Waals surface area contributed by atoms with Gasteiger partial charge in [0.05, 0.1) is 0 Å². The lowest BCUT2D eigenvalue weighted by Gasteiger charge is -2.12. The van der Waals surface area contributed by atoms with E-state index in [2.05, 4.69) is 0 Å². The highest BCUT2D eigenvalue weighted by atomic mass is 35.5. The van der Waals surface area contributed by atoms with Crippen LogP contribution in [0, 0.1) is 0 Å². The molecule has 1 aliphatic carbocycles. The fourth-order valence-corrected chi connectivity index (χ4v) is 1.77. The van der Waals surface area contributed by atoms with Crippen LogP contribution in [0.3, 0.4) is 0 Å². The Morgan fingerprint density at radius 3 is 2.85 bits per heavy atom. The van der Waals surface area contributed by atoms with Crippen molar-refractivity contribution in [3.63, 3.8) is 0 Å². The summed E-state index contributed by atoms with van der Waals surface area (Å²) in [6, 6.07) is 4.43. The number of halogens is 3. The van der Waals surface area contributed by atoms with Gasteiger partial charge >= 0.3 is 0 Å². The molecule has 70 valence electrons. The second-order valence-electron chi connectivity index (χ2n) is 3.18. The molecule has 0 aliphatic heterocycles. The maximum atomic E-state index is 13.0. The van der Waals surface area contributed by atoms with Gasteiger partial charge < -0.3 is 5.11 Å². The van der Waals surface area contributed by atoms with Crippen LogP contribution in [0.1, 0.15) is 17.2 Å². The summed E-state index contributed by atoms with van der Waals surface area (Å²) in [4.78, 5) is 0. The van der Waals surface area contributed by atoms with Crippen molar-refractivity contribution in [1.82, 2.24) is 0 Å². The first-order chi connectivity index (χ1) is 6.00. The summed E-state index contributed by atoms with van der Waals surface area (Å²) in [5.74, 6) is -3.05. The Morgan fingerprint density at radius 2 is 2.15 bits per heavy atom. The van der Waals surface area contributed by atoms with Crippen LogP contribution in [0.4, 0.5) is 8.78 Å². The first-order valence-electron chi connectivity index (χ1n) is 3.85. The summed E-state index contributed by atoms with van der Waals surface area (Å²) < 4.78 is 25.9. The van der Waals surface area contributed by atoms with E-state index in [4.69, 9.17) is 11.6 Å². The Kier molecular flexibility index (Phi) is 1.82. The van der Waals surface area contributed by atoms with E-state index in [1.807, 2.05) is 0 Å². The number of aliphatic hydroxyl groups excluding tert-OH is 1. The molecule has 1 nitrogen and oxygen atoms in total. The van der Waals surface area contributed by atoms with E-state index in [0.29, 0.717) is 10.6 Å². The first kappa shape index (κ1) is 8.91. The average molecular weight is 205 g/mol. The van der Waals surface area contributed by atoms with E-state index in [1.54, 1.807) is 0 Å². The van der Waals surface area contributed by atoms with Gasteiger partial charge in [0.15, 0.2) is 0 Å². The van der Waals surface area contributed by atoms with E-state index >= 15 is 0 Å². The van der Waals surface area contributed by atoms with Gasteiger partial charge in [0.25, 0.3) is 5.92 Å². The Morgan fingerprint density at radius 1 is 1.46 bits per heavy atom. The standard InChI is InChI=1S/C9H7ClF2O/c10-6-1-2-7-5(3-6)4-9(11,12)8(7)13/h1-3,8,13H,4H2. The Hall–Kier alpha value is -0.670. The zero-order chi connectivity index (χ0) is 9.64.